The lowest BCUT2D eigenvalue weighted by atomic mass is 9.77. The van der Waals surface area contributed by atoms with Crippen molar-refractivity contribution < 1.29 is 28.5 Å². The summed E-state index contributed by atoms with van der Waals surface area (Å²) in [6.45, 7) is 9.31. The second kappa shape index (κ2) is 19.7. The number of rotatable bonds is 19. The topological polar surface area (TPSA) is 145 Å². The van der Waals surface area contributed by atoms with Crippen molar-refractivity contribution in [2.24, 2.45) is 11.8 Å². The Balaban J connectivity index is 1.31. The Labute approximate surface area is 299 Å². The van der Waals surface area contributed by atoms with Gasteiger partial charge in [-0.15, -0.1) is 11.6 Å². The van der Waals surface area contributed by atoms with Crippen molar-refractivity contribution in [2.45, 2.75) is 45.7 Å². The van der Waals surface area contributed by atoms with E-state index in [1.165, 1.54) is 19.4 Å². The van der Waals surface area contributed by atoms with Gasteiger partial charge in [0.05, 0.1) is 26.2 Å². The van der Waals surface area contributed by atoms with E-state index in [9.17, 15) is 9.59 Å². The molecule has 2 heterocycles. The maximum absolute atomic E-state index is 11.1. The zero-order chi connectivity index (χ0) is 35.9. The predicted molar refractivity (Wildman–Crippen MR) is 194 cm³/mol. The molecule has 3 unspecified atom stereocenters. The number of amides is 2. The molecule has 4 rings (SSSR count). The fraction of sp³-hybridized carbons (Fsp3) is 0.459. The molecule has 3 atom stereocenters. The molecule has 4 N–H and O–H groups in total. The average molecular weight is 709 g/mol. The van der Waals surface area contributed by atoms with Gasteiger partial charge in [0, 0.05) is 88.2 Å². The van der Waals surface area contributed by atoms with Crippen molar-refractivity contribution >= 4 is 23.4 Å². The lowest BCUT2D eigenvalue weighted by Gasteiger charge is -2.32. The largest absolute Gasteiger partial charge is 0.481 e. The second-order valence-corrected chi connectivity index (χ2v) is 12.5. The predicted octanol–water partition coefficient (Wildman–Crippen LogP) is 4.02. The minimum Gasteiger partial charge on any atom is -0.481 e. The average Bonchev–Trinajstić information content (AvgIpc) is 3.11. The summed E-state index contributed by atoms with van der Waals surface area (Å²) in [5.41, 5.74) is 5.22. The van der Waals surface area contributed by atoms with Crippen LogP contribution in [-0.2, 0) is 22.7 Å². The molecule has 2 amide bonds. The summed E-state index contributed by atoms with van der Waals surface area (Å²) in [5, 5.41) is 11.8. The highest BCUT2D eigenvalue weighted by atomic mass is 35.5. The molecule has 2 aromatic heterocycles. The molecular weight excluding hydrogens is 660 g/mol. The number of allylic oxidation sites excluding steroid dienone is 5. The number of ether oxygens (including phenoxy) is 4. The maximum Gasteiger partial charge on any atom is 0.220 e. The van der Waals surface area contributed by atoms with Gasteiger partial charge in [-0.25, -0.2) is 0 Å². The third kappa shape index (κ3) is 11.3. The number of hydrogen-bond donors (Lipinski definition) is 4. The van der Waals surface area contributed by atoms with Gasteiger partial charge in [0.2, 0.25) is 35.3 Å². The highest BCUT2D eigenvalue weighted by Gasteiger charge is 2.31. The summed E-state index contributed by atoms with van der Waals surface area (Å²) in [7, 11) is 3.17. The molecule has 270 valence electrons. The highest BCUT2D eigenvalue weighted by Crippen LogP contribution is 2.39. The van der Waals surface area contributed by atoms with Gasteiger partial charge in [-0.3, -0.25) is 9.59 Å². The molecule has 0 aromatic carbocycles. The number of methoxy groups -OCH3 is 2. The Hall–Kier alpha value is -4.39. The van der Waals surface area contributed by atoms with E-state index < -0.39 is 0 Å². The number of aromatic nitrogens is 2. The summed E-state index contributed by atoms with van der Waals surface area (Å²) in [6, 6.07) is 7.53. The summed E-state index contributed by atoms with van der Waals surface area (Å²) in [4.78, 5) is 31.2. The van der Waals surface area contributed by atoms with Crippen LogP contribution in [-0.4, -0.2) is 80.8 Å². The maximum atomic E-state index is 11.1. The highest BCUT2D eigenvalue weighted by molar-refractivity contribution is 6.23. The van der Waals surface area contributed by atoms with Gasteiger partial charge in [0.25, 0.3) is 0 Å². The zero-order valence-corrected chi connectivity index (χ0v) is 30.3. The molecule has 2 aliphatic rings. The molecule has 0 aliphatic heterocycles. The lowest BCUT2D eigenvalue weighted by molar-refractivity contribution is -0.119. The molecular formula is C37H49ClN6O6. The van der Waals surface area contributed by atoms with Crippen LogP contribution in [0.1, 0.15) is 38.3 Å². The number of alkyl halides is 1. The minimum atomic E-state index is -0.257. The molecule has 50 heavy (non-hydrogen) atoms. The number of hydrogen-bond acceptors (Lipinski definition) is 10. The first-order valence-corrected chi connectivity index (χ1v) is 17.3. The van der Waals surface area contributed by atoms with Crippen LogP contribution >= 0.6 is 11.6 Å². The third-order valence-electron chi connectivity index (χ3n) is 8.46. The van der Waals surface area contributed by atoms with E-state index in [4.69, 9.17) is 30.5 Å². The Kier molecular flexibility index (Phi) is 15.1. The molecule has 0 saturated carbocycles. The Bertz CT molecular complexity index is 1590. The number of carbonyl (C=O) groups is 2. The van der Waals surface area contributed by atoms with Crippen LogP contribution in [0.3, 0.4) is 0 Å². The first-order chi connectivity index (χ1) is 24.2. The van der Waals surface area contributed by atoms with Gasteiger partial charge in [0.1, 0.15) is 6.61 Å². The Morgan fingerprint density at radius 1 is 0.860 bits per heavy atom. The first kappa shape index (κ1) is 38.4. The molecule has 0 fully saturated rings. The van der Waals surface area contributed by atoms with Crippen molar-refractivity contribution in [3.05, 3.63) is 82.5 Å². The van der Waals surface area contributed by atoms with E-state index >= 15 is 0 Å². The first-order valence-electron chi connectivity index (χ1n) is 16.8. The second-order valence-electron chi connectivity index (χ2n) is 12.1. The van der Waals surface area contributed by atoms with E-state index in [-0.39, 0.29) is 29.0 Å². The van der Waals surface area contributed by atoms with Crippen LogP contribution in [0.25, 0.3) is 0 Å². The van der Waals surface area contributed by atoms with E-state index in [2.05, 4.69) is 68.5 Å². The van der Waals surface area contributed by atoms with Crippen LogP contribution in [0.15, 0.2) is 71.4 Å². The summed E-state index contributed by atoms with van der Waals surface area (Å²) >= 11 is 7.13. The Morgan fingerprint density at radius 3 is 2.00 bits per heavy atom. The number of pyridine rings is 2. The number of nitrogens with one attached hydrogen (secondary N) is 4. The van der Waals surface area contributed by atoms with Crippen molar-refractivity contribution in [3.63, 3.8) is 0 Å². The fourth-order valence-corrected chi connectivity index (χ4v) is 6.12. The van der Waals surface area contributed by atoms with Gasteiger partial charge in [0.15, 0.2) is 0 Å². The fourth-order valence-electron chi connectivity index (χ4n) is 5.74. The summed E-state index contributed by atoms with van der Waals surface area (Å²) in [5.74, 6) is 1.89. The number of halogens is 1. The van der Waals surface area contributed by atoms with Gasteiger partial charge in [-0.1, -0.05) is 36.0 Å². The summed E-state index contributed by atoms with van der Waals surface area (Å²) in [6.07, 6.45) is 11.4. The Morgan fingerprint density at radius 2 is 1.44 bits per heavy atom. The number of nitrogens with zero attached hydrogens (tertiary/aromatic N) is 2. The molecule has 0 spiro atoms. The standard InChI is InChI=1S/C37H49ClN6O6/c1-24-29(22-49-33-14-12-27(36(43-33)47-4)20-39-16-18-41-25(2)45)8-6-10-31(24)32-11-7-9-30(35(32)38)23-50-34-15-13-28(37(44-34)48-5)21-40-17-19-42-26(3)46/h6-9,11-15,30-31,35,39-40H,10,16-23H2,1-5H3,(H,41,45)(H,42,46). The van der Waals surface area contributed by atoms with Crippen molar-refractivity contribution in [1.29, 1.82) is 0 Å². The van der Waals surface area contributed by atoms with Gasteiger partial charge in [-0.2, -0.15) is 9.97 Å². The molecule has 2 aromatic rings. The third-order valence-corrected chi connectivity index (χ3v) is 9.03. The lowest BCUT2D eigenvalue weighted by Crippen LogP contribution is -2.30. The smallest absolute Gasteiger partial charge is 0.220 e. The minimum absolute atomic E-state index is 0.0481. The SMILES string of the molecule is COc1nc(OCC2=C(C)C(C3=CC=CC(COc4ccc(CNCCNC(C)=O)c(OC)n4)C3Cl)CC=C2)ccc1CNCCNC(C)=O. The van der Waals surface area contributed by atoms with Gasteiger partial charge >= 0.3 is 0 Å². The van der Waals surface area contributed by atoms with Crippen LogP contribution in [0.4, 0.5) is 0 Å². The molecule has 0 bridgehead atoms. The quantitative estimate of drug-likeness (QED) is 0.125. The van der Waals surface area contributed by atoms with Crippen LogP contribution in [0, 0.1) is 11.8 Å². The van der Waals surface area contributed by atoms with Gasteiger partial charge in [-0.05, 0) is 36.6 Å². The monoisotopic (exact) mass is 708 g/mol. The van der Waals surface area contributed by atoms with E-state index in [1.54, 1.807) is 14.2 Å². The van der Waals surface area contributed by atoms with Crippen molar-refractivity contribution in [1.82, 2.24) is 31.2 Å². The van der Waals surface area contributed by atoms with Crippen LogP contribution in [0.2, 0.25) is 0 Å². The number of carbonyl (C=O) groups excluding carboxylic acids is 2. The molecule has 2 aliphatic carbocycles. The van der Waals surface area contributed by atoms with Crippen molar-refractivity contribution in [3.8, 4) is 23.5 Å². The van der Waals surface area contributed by atoms with E-state index in [1.807, 2.05) is 24.3 Å². The molecule has 12 nitrogen and oxygen atoms in total. The van der Waals surface area contributed by atoms with Crippen molar-refractivity contribution in [2.75, 3.05) is 53.6 Å². The van der Waals surface area contributed by atoms with Crippen LogP contribution in [0.5, 0.6) is 23.5 Å². The molecule has 0 radical (unpaired) electrons. The molecule has 0 saturated heterocycles. The van der Waals surface area contributed by atoms with Crippen LogP contribution < -0.4 is 40.2 Å². The zero-order valence-electron chi connectivity index (χ0n) is 29.5. The van der Waals surface area contributed by atoms with E-state index in [0.29, 0.717) is 76.0 Å². The van der Waals surface area contributed by atoms with Gasteiger partial charge < -0.3 is 40.2 Å². The summed E-state index contributed by atoms with van der Waals surface area (Å²) < 4.78 is 23.3. The normalized spacial score (nSPS) is 18.4. The van der Waals surface area contributed by atoms with E-state index in [0.717, 1.165) is 28.7 Å². The molecule has 13 heteroatoms.